The monoisotopic (exact) mass is 505 g/mol. The molecule has 0 spiro atoms. The summed E-state index contributed by atoms with van der Waals surface area (Å²) in [5.41, 5.74) is 2.66. The molecule has 1 unspecified atom stereocenters. The summed E-state index contributed by atoms with van der Waals surface area (Å²) in [5.74, 6) is -0.201. The molecular weight excluding hydrogens is 478 g/mol. The molecule has 1 aliphatic rings. The number of carbonyl (C=O) groups excluding carboxylic acids is 2. The van der Waals surface area contributed by atoms with Crippen molar-refractivity contribution in [2.45, 2.75) is 25.5 Å². The minimum absolute atomic E-state index is 0.233. The number of methoxy groups -OCH3 is 1. The fourth-order valence-corrected chi connectivity index (χ4v) is 5.18. The first-order valence-corrected chi connectivity index (χ1v) is 12.4. The number of hydrogen-bond acceptors (Lipinski definition) is 8. The number of amides is 1. The van der Waals surface area contributed by atoms with Gasteiger partial charge >= 0.3 is 5.97 Å². The van der Waals surface area contributed by atoms with Crippen molar-refractivity contribution in [2.75, 3.05) is 32.2 Å². The van der Waals surface area contributed by atoms with Crippen molar-refractivity contribution in [3.63, 3.8) is 0 Å². The lowest BCUT2D eigenvalue weighted by Gasteiger charge is -2.22. The van der Waals surface area contributed by atoms with E-state index in [0.29, 0.717) is 59.4 Å². The molecule has 186 valence electrons. The van der Waals surface area contributed by atoms with Gasteiger partial charge in [0, 0.05) is 23.4 Å². The highest BCUT2D eigenvalue weighted by Crippen LogP contribution is 2.39. The van der Waals surface area contributed by atoms with Gasteiger partial charge in [0.15, 0.2) is 0 Å². The third-order valence-corrected chi connectivity index (χ3v) is 6.93. The molecule has 0 radical (unpaired) electrons. The van der Waals surface area contributed by atoms with Crippen LogP contribution in [-0.4, -0.2) is 38.7 Å². The van der Waals surface area contributed by atoms with Gasteiger partial charge in [-0.25, -0.2) is 4.79 Å². The minimum Gasteiger partial charge on any atom is -0.497 e. The number of anilines is 1. The van der Waals surface area contributed by atoms with Gasteiger partial charge in [-0.2, -0.15) is 5.26 Å². The average Bonchev–Trinajstić information content (AvgIpc) is 3.28. The van der Waals surface area contributed by atoms with Gasteiger partial charge in [-0.05, 0) is 35.7 Å². The van der Waals surface area contributed by atoms with Crippen LogP contribution in [0.3, 0.4) is 0 Å². The summed E-state index contributed by atoms with van der Waals surface area (Å²) in [6.45, 7) is 1.75. The molecule has 0 saturated heterocycles. The number of nitrogens with one attached hydrogen (secondary N) is 2. The van der Waals surface area contributed by atoms with Crippen molar-refractivity contribution in [2.24, 2.45) is 0 Å². The van der Waals surface area contributed by atoms with Gasteiger partial charge in [0.2, 0.25) is 0 Å². The van der Waals surface area contributed by atoms with Crippen molar-refractivity contribution >= 4 is 28.2 Å². The van der Waals surface area contributed by atoms with Crippen molar-refractivity contribution in [3.8, 4) is 11.8 Å². The predicted octanol–water partition coefficient (Wildman–Crippen LogP) is 4.22. The van der Waals surface area contributed by atoms with E-state index in [1.54, 1.807) is 24.3 Å². The molecule has 2 N–H and O–H groups in total. The topological polar surface area (TPSA) is 110 Å². The highest BCUT2D eigenvalue weighted by Gasteiger charge is 2.33. The van der Waals surface area contributed by atoms with Crippen LogP contribution in [0.2, 0.25) is 0 Å². The quantitative estimate of drug-likeness (QED) is 0.314. The number of rotatable bonds is 10. The smallest absolute Gasteiger partial charge is 0.328 e. The van der Waals surface area contributed by atoms with E-state index in [-0.39, 0.29) is 12.5 Å². The first-order valence-electron chi connectivity index (χ1n) is 11.6. The summed E-state index contributed by atoms with van der Waals surface area (Å²) in [6.07, 6.45) is 1.16. The van der Waals surface area contributed by atoms with E-state index in [1.807, 2.05) is 30.3 Å². The van der Waals surface area contributed by atoms with E-state index in [2.05, 4.69) is 16.7 Å². The van der Waals surface area contributed by atoms with Crippen LogP contribution in [0.25, 0.3) is 0 Å². The normalized spacial score (nSPS) is 14.4. The summed E-state index contributed by atoms with van der Waals surface area (Å²) in [7, 11) is 1.53. The lowest BCUT2D eigenvalue weighted by atomic mass is 10.00. The maximum atomic E-state index is 12.8. The predicted molar refractivity (Wildman–Crippen MR) is 136 cm³/mol. The van der Waals surface area contributed by atoms with Gasteiger partial charge in [0.05, 0.1) is 32.5 Å². The van der Waals surface area contributed by atoms with Gasteiger partial charge < -0.3 is 19.5 Å². The fourth-order valence-electron chi connectivity index (χ4n) is 3.92. The highest BCUT2D eigenvalue weighted by molar-refractivity contribution is 7.17. The molecule has 0 bridgehead atoms. The summed E-state index contributed by atoms with van der Waals surface area (Å²) in [4.78, 5) is 26.3. The Morgan fingerprint density at radius 1 is 1.17 bits per heavy atom. The maximum absolute atomic E-state index is 12.8. The van der Waals surface area contributed by atoms with Crippen LogP contribution < -0.4 is 15.4 Å². The highest BCUT2D eigenvalue weighted by atomic mass is 32.1. The van der Waals surface area contributed by atoms with Gasteiger partial charge in [-0.3, -0.25) is 10.1 Å². The zero-order valence-electron chi connectivity index (χ0n) is 19.9. The number of nitriles is 1. The average molecular weight is 506 g/mol. The fraction of sp³-hybridized carbons (Fsp3) is 0.296. The van der Waals surface area contributed by atoms with E-state index in [9.17, 15) is 14.9 Å². The van der Waals surface area contributed by atoms with Crippen LogP contribution >= 0.6 is 11.3 Å². The Kier molecular flexibility index (Phi) is 8.68. The molecule has 4 rings (SSSR count). The summed E-state index contributed by atoms with van der Waals surface area (Å²) < 4.78 is 16.3. The van der Waals surface area contributed by atoms with Crippen molar-refractivity contribution in [1.82, 2.24) is 5.32 Å². The summed E-state index contributed by atoms with van der Waals surface area (Å²) in [6, 6.07) is 18.2. The molecule has 0 aliphatic carbocycles. The molecule has 2 heterocycles. The van der Waals surface area contributed by atoms with Gasteiger partial charge in [0.1, 0.15) is 22.9 Å². The van der Waals surface area contributed by atoms with Crippen molar-refractivity contribution < 1.29 is 23.8 Å². The standard InChI is InChI=1S/C27H27N3O5S/c1-33-20-10-5-9-19(15-20)25(31)30-26-22(16-28)21-11-12-29-23(24(21)36-26)27(32)35-14-6-13-34-17-18-7-3-2-4-8-18/h2-5,7-10,15,23,29H,6,11-14,17H2,1H3,(H,30,31). The number of esters is 1. The third kappa shape index (κ3) is 6.10. The zero-order valence-corrected chi connectivity index (χ0v) is 20.7. The molecule has 1 amide bonds. The minimum atomic E-state index is -0.682. The zero-order chi connectivity index (χ0) is 25.3. The molecule has 8 nitrogen and oxygen atoms in total. The molecule has 1 aliphatic heterocycles. The van der Waals surface area contributed by atoms with Gasteiger partial charge in [0.25, 0.3) is 5.91 Å². The van der Waals surface area contributed by atoms with Crippen LogP contribution in [0.15, 0.2) is 54.6 Å². The third-order valence-electron chi connectivity index (χ3n) is 5.72. The van der Waals surface area contributed by atoms with Crippen molar-refractivity contribution in [3.05, 3.63) is 81.7 Å². The van der Waals surface area contributed by atoms with Gasteiger partial charge in [-0.15, -0.1) is 11.3 Å². The lowest BCUT2D eigenvalue weighted by Crippen LogP contribution is -2.35. The number of nitrogens with zero attached hydrogens (tertiary/aromatic N) is 1. The van der Waals surface area contributed by atoms with Crippen LogP contribution in [0.4, 0.5) is 5.00 Å². The number of thiophene rings is 1. The van der Waals surface area contributed by atoms with Crippen molar-refractivity contribution in [1.29, 1.82) is 5.26 Å². The number of benzene rings is 2. The molecule has 36 heavy (non-hydrogen) atoms. The molecule has 0 fully saturated rings. The van der Waals surface area contributed by atoms with Crippen LogP contribution in [0.5, 0.6) is 5.75 Å². The molecule has 9 heteroatoms. The molecule has 0 saturated carbocycles. The first-order chi connectivity index (χ1) is 17.6. The van der Waals surface area contributed by atoms with E-state index in [4.69, 9.17) is 14.2 Å². The van der Waals surface area contributed by atoms with Crippen LogP contribution in [0, 0.1) is 11.3 Å². The Balaban J connectivity index is 1.36. The van der Waals surface area contributed by atoms with E-state index >= 15 is 0 Å². The molecule has 1 atom stereocenters. The van der Waals surface area contributed by atoms with E-state index in [1.165, 1.54) is 18.4 Å². The first kappa shape index (κ1) is 25.4. The molecular formula is C27H27N3O5S. The molecule has 3 aromatic rings. The summed E-state index contributed by atoms with van der Waals surface area (Å²) in [5, 5.41) is 16.2. The Labute approximate surface area is 213 Å². The molecule has 2 aromatic carbocycles. The lowest BCUT2D eigenvalue weighted by molar-refractivity contribution is -0.146. The van der Waals surface area contributed by atoms with Crippen LogP contribution in [0.1, 0.15) is 44.4 Å². The maximum Gasteiger partial charge on any atom is 0.328 e. The SMILES string of the molecule is COc1cccc(C(=O)Nc2sc3c(c2C#N)CCNC3C(=O)OCCCOCc2ccccc2)c1. The van der Waals surface area contributed by atoms with E-state index in [0.717, 1.165) is 11.1 Å². The Bertz CT molecular complexity index is 1250. The number of hydrogen-bond donors (Lipinski definition) is 2. The molecule has 1 aromatic heterocycles. The Morgan fingerprint density at radius 3 is 2.78 bits per heavy atom. The Hall–Kier alpha value is -3.71. The second-order valence-electron chi connectivity index (χ2n) is 8.14. The van der Waals surface area contributed by atoms with E-state index < -0.39 is 12.0 Å². The van der Waals surface area contributed by atoms with Crippen LogP contribution in [-0.2, 0) is 27.3 Å². The number of ether oxygens (including phenoxy) is 3. The number of carbonyl (C=O) groups is 2. The number of fused-ring (bicyclic) bond motifs is 1. The second-order valence-corrected chi connectivity index (χ2v) is 9.20. The second kappa shape index (κ2) is 12.3. The summed E-state index contributed by atoms with van der Waals surface area (Å²) >= 11 is 1.23. The van der Waals surface area contributed by atoms with Gasteiger partial charge in [-0.1, -0.05) is 36.4 Å². The Morgan fingerprint density at radius 2 is 2.00 bits per heavy atom. The largest absolute Gasteiger partial charge is 0.497 e.